The number of rotatable bonds is 6. The molecular formula is C21H30Cl2N4O4. The lowest BCUT2D eigenvalue weighted by Gasteiger charge is -2.43. The Kier molecular flexibility index (Phi) is 7.38. The van der Waals surface area contributed by atoms with Crippen molar-refractivity contribution < 1.29 is 19.4 Å². The molecule has 2 fully saturated rings. The molecule has 3 unspecified atom stereocenters. The van der Waals surface area contributed by atoms with E-state index in [1.807, 2.05) is 17.9 Å². The number of benzene rings is 1. The number of hydrogen-bond acceptors (Lipinski definition) is 6. The highest BCUT2D eigenvalue weighted by molar-refractivity contribution is 6.35. The van der Waals surface area contributed by atoms with Crippen molar-refractivity contribution in [3.63, 3.8) is 0 Å². The first kappa shape index (κ1) is 24.1. The standard InChI is InChI=1S/C21H30Cl2N4O4/c1-12(9-21(11-31-4)19(29)24-20(30)25-21)18(28)26-5-6-27(13(2)10-26)17-8-15(22)7-16(23)14(17)3/h7-8,12-13,20,25,30H,5-6,9-11H2,1-4H3,(H,24,29)/t12?,13-,20?,21?/m0/s1. The molecule has 172 valence electrons. The van der Waals surface area contributed by atoms with Crippen molar-refractivity contribution in [2.45, 2.75) is 45.1 Å². The molecular weight excluding hydrogens is 443 g/mol. The molecule has 0 radical (unpaired) electrons. The van der Waals surface area contributed by atoms with Crippen LogP contribution in [0.1, 0.15) is 25.8 Å². The SMILES string of the molecule is COCC1(CC(C)C(=O)N2CCN(c3cc(Cl)cc(Cl)c3C)[C@@H](C)C2)NC(O)NC1=O. The van der Waals surface area contributed by atoms with Crippen molar-refractivity contribution in [2.24, 2.45) is 5.92 Å². The zero-order chi connectivity index (χ0) is 22.9. The van der Waals surface area contributed by atoms with Crippen LogP contribution < -0.4 is 15.5 Å². The minimum atomic E-state index is -1.15. The van der Waals surface area contributed by atoms with Crippen molar-refractivity contribution in [1.82, 2.24) is 15.5 Å². The summed E-state index contributed by atoms with van der Waals surface area (Å²) in [5, 5.41) is 16.2. The van der Waals surface area contributed by atoms with Crippen LogP contribution in [0.4, 0.5) is 5.69 Å². The van der Waals surface area contributed by atoms with Gasteiger partial charge in [0.25, 0.3) is 0 Å². The van der Waals surface area contributed by atoms with E-state index in [1.165, 1.54) is 7.11 Å². The molecule has 31 heavy (non-hydrogen) atoms. The summed E-state index contributed by atoms with van der Waals surface area (Å²) in [6, 6.07) is 3.71. The van der Waals surface area contributed by atoms with E-state index >= 15 is 0 Å². The number of anilines is 1. The molecule has 0 spiro atoms. The van der Waals surface area contributed by atoms with Crippen molar-refractivity contribution >= 4 is 40.7 Å². The molecule has 4 atom stereocenters. The lowest BCUT2D eigenvalue weighted by atomic mass is 9.87. The Morgan fingerprint density at radius 1 is 1.39 bits per heavy atom. The van der Waals surface area contributed by atoms with E-state index in [0.29, 0.717) is 29.7 Å². The summed E-state index contributed by atoms with van der Waals surface area (Å²) in [6.45, 7) is 7.64. The Hall–Kier alpha value is -1.58. The maximum absolute atomic E-state index is 13.2. The van der Waals surface area contributed by atoms with Crippen LogP contribution in [0.15, 0.2) is 12.1 Å². The van der Waals surface area contributed by atoms with Crippen LogP contribution in [0.2, 0.25) is 10.0 Å². The molecule has 10 heteroatoms. The largest absolute Gasteiger partial charge is 0.382 e. The van der Waals surface area contributed by atoms with E-state index in [0.717, 1.165) is 11.3 Å². The van der Waals surface area contributed by atoms with Gasteiger partial charge in [-0.2, -0.15) is 0 Å². The van der Waals surface area contributed by atoms with Crippen LogP contribution in [0.25, 0.3) is 0 Å². The zero-order valence-corrected chi connectivity index (χ0v) is 19.8. The highest BCUT2D eigenvalue weighted by atomic mass is 35.5. The van der Waals surface area contributed by atoms with Gasteiger partial charge in [0.1, 0.15) is 5.54 Å². The molecule has 2 heterocycles. The van der Waals surface area contributed by atoms with Crippen molar-refractivity contribution in [3.8, 4) is 0 Å². The second-order valence-corrected chi connectivity index (χ2v) is 9.34. The topological polar surface area (TPSA) is 94.1 Å². The molecule has 3 N–H and O–H groups in total. The molecule has 2 saturated heterocycles. The second kappa shape index (κ2) is 9.50. The Labute approximate surface area is 192 Å². The summed E-state index contributed by atoms with van der Waals surface area (Å²) in [4.78, 5) is 29.6. The molecule has 2 aliphatic heterocycles. The Bertz CT molecular complexity index is 855. The van der Waals surface area contributed by atoms with E-state index < -0.39 is 17.8 Å². The van der Waals surface area contributed by atoms with E-state index in [2.05, 4.69) is 22.5 Å². The predicted molar refractivity (Wildman–Crippen MR) is 120 cm³/mol. The summed E-state index contributed by atoms with van der Waals surface area (Å²) in [7, 11) is 1.49. The average molecular weight is 473 g/mol. The lowest BCUT2D eigenvalue weighted by molar-refractivity contribution is -0.137. The van der Waals surface area contributed by atoms with Crippen molar-refractivity contribution in [1.29, 1.82) is 0 Å². The third-order valence-electron chi connectivity index (χ3n) is 6.11. The summed E-state index contributed by atoms with van der Waals surface area (Å²) in [5.74, 6) is -0.827. The number of piperazine rings is 1. The maximum Gasteiger partial charge on any atom is 0.245 e. The summed E-state index contributed by atoms with van der Waals surface area (Å²) < 4.78 is 5.20. The van der Waals surface area contributed by atoms with Gasteiger partial charge < -0.3 is 25.0 Å². The van der Waals surface area contributed by atoms with Gasteiger partial charge >= 0.3 is 0 Å². The lowest BCUT2D eigenvalue weighted by Crippen LogP contribution is -2.57. The molecule has 1 aromatic carbocycles. The molecule has 0 aliphatic carbocycles. The van der Waals surface area contributed by atoms with Crippen molar-refractivity contribution in [2.75, 3.05) is 38.3 Å². The number of ether oxygens (including phenoxy) is 1. The Morgan fingerprint density at radius 2 is 2.10 bits per heavy atom. The number of carbonyl (C=O) groups excluding carboxylic acids is 2. The molecule has 3 rings (SSSR count). The van der Waals surface area contributed by atoms with Gasteiger partial charge in [-0.05, 0) is 38.0 Å². The number of halogens is 2. The number of methoxy groups -OCH3 is 1. The monoisotopic (exact) mass is 472 g/mol. The minimum absolute atomic E-state index is 0.0289. The third-order valence-corrected chi connectivity index (χ3v) is 6.72. The van der Waals surface area contributed by atoms with Gasteiger partial charge in [-0.15, -0.1) is 0 Å². The Morgan fingerprint density at radius 3 is 2.68 bits per heavy atom. The third kappa shape index (κ3) is 4.93. The highest BCUT2D eigenvalue weighted by Gasteiger charge is 2.48. The smallest absolute Gasteiger partial charge is 0.245 e. The number of nitrogens with zero attached hydrogens (tertiary/aromatic N) is 2. The summed E-state index contributed by atoms with van der Waals surface area (Å²) >= 11 is 12.5. The van der Waals surface area contributed by atoms with Crippen LogP contribution >= 0.6 is 23.2 Å². The number of hydrogen-bond donors (Lipinski definition) is 3. The minimum Gasteiger partial charge on any atom is -0.382 e. The molecule has 0 aromatic heterocycles. The van der Waals surface area contributed by atoms with Gasteiger partial charge in [0, 0.05) is 54.4 Å². The van der Waals surface area contributed by atoms with Gasteiger partial charge in [0.15, 0.2) is 6.35 Å². The first-order chi connectivity index (χ1) is 14.6. The molecule has 2 amide bonds. The number of aliphatic hydroxyl groups is 1. The molecule has 8 nitrogen and oxygen atoms in total. The maximum atomic E-state index is 13.2. The molecule has 2 aliphatic rings. The predicted octanol–water partition coefficient (Wildman–Crippen LogP) is 1.75. The first-order valence-electron chi connectivity index (χ1n) is 10.3. The van der Waals surface area contributed by atoms with Crippen LogP contribution in [0.5, 0.6) is 0 Å². The zero-order valence-electron chi connectivity index (χ0n) is 18.2. The van der Waals surface area contributed by atoms with Gasteiger partial charge in [-0.3, -0.25) is 14.9 Å². The van der Waals surface area contributed by atoms with E-state index in [-0.39, 0.29) is 30.9 Å². The van der Waals surface area contributed by atoms with Gasteiger partial charge in [0.2, 0.25) is 11.8 Å². The highest BCUT2D eigenvalue weighted by Crippen LogP contribution is 2.33. The fourth-order valence-corrected chi connectivity index (χ4v) is 5.04. The Balaban J connectivity index is 1.68. The van der Waals surface area contributed by atoms with E-state index in [1.54, 1.807) is 13.0 Å². The number of aliphatic hydroxyl groups excluding tert-OH is 1. The van der Waals surface area contributed by atoms with Gasteiger partial charge in [-0.25, -0.2) is 0 Å². The van der Waals surface area contributed by atoms with E-state index in [4.69, 9.17) is 27.9 Å². The van der Waals surface area contributed by atoms with Gasteiger partial charge in [0.05, 0.1) is 6.61 Å². The molecule has 0 bridgehead atoms. The average Bonchev–Trinajstić information content (AvgIpc) is 2.97. The van der Waals surface area contributed by atoms with Gasteiger partial charge in [-0.1, -0.05) is 30.1 Å². The van der Waals surface area contributed by atoms with E-state index in [9.17, 15) is 14.7 Å². The van der Waals surface area contributed by atoms with Crippen LogP contribution in [-0.2, 0) is 14.3 Å². The first-order valence-corrected chi connectivity index (χ1v) is 11.1. The second-order valence-electron chi connectivity index (χ2n) is 8.50. The summed E-state index contributed by atoms with van der Waals surface area (Å²) in [5.41, 5.74) is 0.806. The van der Waals surface area contributed by atoms with Crippen LogP contribution in [0, 0.1) is 12.8 Å². The normalized spacial score (nSPS) is 27.4. The number of nitrogens with one attached hydrogen (secondary N) is 2. The number of amides is 2. The van der Waals surface area contributed by atoms with Crippen LogP contribution in [-0.4, -0.2) is 73.1 Å². The van der Waals surface area contributed by atoms with Crippen LogP contribution in [0.3, 0.4) is 0 Å². The fraction of sp³-hybridized carbons (Fsp3) is 0.619. The fourth-order valence-electron chi connectivity index (χ4n) is 4.56. The number of carbonyl (C=O) groups is 2. The quantitative estimate of drug-likeness (QED) is 0.583. The summed E-state index contributed by atoms with van der Waals surface area (Å²) in [6.07, 6.45) is -0.929. The molecule has 0 saturated carbocycles. The molecule has 1 aromatic rings. The van der Waals surface area contributed by atoms with Crippen molar-refractivity contribution in [3.05, 3.63) is 27.7 Å².